The van der Waals surface area contributed by atoms with Gasteiger partial charge in [0.1, 0.15) is 5.60 Å². The first-order valence-electron chi connectivity index (χ1n) is 6.58. The van der Waals surface area contributed by atoms with E-state index in [4.69, 9.17) is 4.74 Å². The maximum Gasteiger partial charge on any atom is 0.330 e. The number of esters is 1. The third-order valence-corrected chi connectivity index (χ3v) is 3.75. The van der Waals surface area contributed by atoms with Crippen LogP contribution in [0.1, 0.15) is 59.8 Å². The molecule has 0 saturated carbocycles. The van der Waals surface area contributed by atoms with Crippen LogP contribution in [0.3, 0.4) is 0 Å². The molecule has 2 unspecified atom stereocenters. The summed E-state index contributed by atoms with van der Waals surface area (Å²) < 4.78 is 5.33. The maximum absolute atomic E-state index is 12.2. The van der Waals surface area contributed by atoms with Crippen LogP contribution in [0.25, 0.3) is 0 Å². The predicted molar refractivity (Wildman–Crippen MR) is 67.6 cm³/mol. The van der Waals surface area contributed by atoms with Crippen molar-refractivity contribution in [3.63, 3.8) is 0 Å². The molecule has 0 aromatic rings. The summed E-state index contributed by atoms with van der Waals surface area (Å²) in [6.07, 6.45) is 3.33. The van der Waals surface area contributed by atoms with Crippen molar-refractivity contribution in [3.8, 4) is 6.07 Å². The first-order valence-corrected chi connectivity index (χ1v) is 6.58. The van der Waals surface area contributed by atoms with Gasteiger partial charge in [-0.15, -0.1) is 0 Å². The number of ether oxygens (including phenoxy) is 1. The van der Waals surface area contributed by atoms with Crippen LogP contribution in [0.15, 0.2) is 0 Å². The second-order valence-corrected chi connectivity index (χ2v) is 6.07. The molecule has 1 saturated heterocycles. The lowest BCUT2D eigenvalue weighted by Crippen LogP contribution is -2.60. The summed E-state index contributed by atoms with van der Waals surface area (Å²) >= 11 is 0. The van der Waals surface area contributed by atoms with Gasteiger partial charge in [-0.2, -0.15) is 5.26 Å². The Morgan fingerprint density at radius 3 is 2.44 bits per heavy atom. The number of rotatable bonds is 4. The molecule has 0 spiro atoms. The highest BCUT2D eigenvalue weighted by atomic mass is 16.6. The molecular weight excluding hydrogens is 230 g/mol. The van der Waals surface area contributed by atoms with Crippen molar-refractivity contribution in [2.75, 3.05) is 0 Å². The normalized spacial score (nSPS) is 34.8. The standard InChI is InChI=1S/C14H23NO3/c1-5-6-7-8-14(10-15)11(16)18-12(2,3)9-13(14,4)17/h17H,5-9H2,1-4H3. The van der Waals surface area contributed by atoms with Crippen LogP contribution < -0.4 is 0 Å². The van der Waals surface area contributed by atoms with Gasteiger partial charge >= 0.3 is 5.97 Å². The smallest absolute Gasteiger partial charge is 0.330 e. The first kappa shape index (κ1) is 15.0. The fourth-order valence-electron chi connectivity index (χ4n) is 2.81. The molecule has 1 aliphatic heterocycles. The fourth-order valence-corrected chi connectivity index (χ4v) is 2.81. The average Bonchev–Trinajstić information content (AvgIpc) is 2.20. The zero-order valence-corrected chi connectivity index (χ0v) is 11.7. The van der Waals surface area contributed by atoms with Crippen LogP contribution in [-0.2, 0) is 9.53 Å². The van der Waals surface area contributed by atoms with E-state index < -0.39 is 22.6 Å². The summed E-state index contributed by atoms with van der Waals surface area (Å²) in [5.41, 5.74) is -3.47. The largest absolute Gasteiger partial charge is 0.458 e. The Kier molecular flexibility index (Phi) is 4.07. The van der Waals surface area contributed by atoms with Gasteiger partial charge in [0.2, 0.25) is 0 Å². The Morgan fingerprint density at radius 2 is 2.00 bits per heavy atom. The van der Waals surface area contributed by atoms with E-state index in [9.17, 15) is 15.2 Å². The number of hydrogen-bond donors (Lipinski definition) is 1. The third-order valence-electron chi connectivity index (χ3n) is 3.75. The maximum atomic E-state index is 12.2. The van der Waals surface area contributed by atoms with Gasteiger partial charge in [-0.1, -0.05) is 26.2 Å². The number of carbonyl (C=O) groups excluding carboxylic acids is 1. The van der Waals surface area contributed by atoms with Crippen molar-refractivity contribution in [1.29, 1.82) is 5.26 Å². The number of nitriles is 1. The lowest BCUT2D eigenvalue weighted by atomic mass is 9.64. The molecule has 0 amide bonds. The molecule has 0 radical (unpaired) electrons. The molecule has 0 aromatic heterocycles. The van der Waals surface area contributed by atoms with E-state index in [2.05, 4.69) is 6.92 Å². The van der Waals surface area contributed by atoms with Gasteiger partial charge in [0, 0.05) is 6.42 Å². The van der Waals surface area contributed by atoms with E-state index in [0.717, 1.165) is 19.3 Å². The molecule has 102 valence electrons. The summed E-state index contributed by atoms with van der Waals surface area (Å²) in [5, 5.41) is 20.0. The van der Waals surface area contributed by atoms with E-state index in [1.807, 2.05) is 6.07 Å². The second-order valence-electron chi connectivity index (χ2n) is 6.07. The molecule has 18 heavy (non-hydrogen) atoms. The molecule has 4 nitrogen and oxygen atoms in total. The van der Waals surface area contributed by atoms with Crippen molar-refractivity contribution in [2.45, 2.75) is 71.0 Å². The van der Waals surface area contributed by atoms with Crippen molar-refractivity contribution >= 4 is 5.97 Å². The van der Waals surface area contributed by atoms with E-state index >= 15 is 0 Å². The summed E-state index contributed by atoms with van der Waals surface area (Å²) in [6.45, 7) is 7.14. The zero-order chi connectivity index (χ0) is 14.0. The minimum absolute atomic E-state index is 0.283. The van der Waals surface area contributed by atoms with Crippen LogP contribution in [-0.4, -0.2) is 22.3 Å². The van der Waals surface area contributed by atoms with Crippen LogP contribution in [0, 0.1) is 16.7 Å². The zero-order valence-electron chi connectivity index (χ0n) is 11.7. The Bertz CT molecular complexity index is 368. The number of nitrogens with zero attached hydrogens (tertiary/aromatic N) is 1. The number of aliphatic hydroxyl groups is 1. The Hall–Kier alpha value is -1.08. The highest BCUT2D eigenvalue weighted by Crippen LogP contribution is 2.47. The molecule has 4 heteroatoms. The SMILES string of the molecule is CCCCCC1(C#N)C(=O)OC(C)(C)CC1(C)O. The highest BCUT2D eigenvalue weighted by Gasteiger charge is 2.61. The average molecular weight is 253 g/mol. The van der Waals surface area contributed by atoms with Crippen LogP contribution in [0.2, 0.25) is 0 Å². The third kappa shape index (κ3) is 2.51. The molecular formula is C14H23NO3. The molecule has 1 heterocycles. The van der Waals surface area contributed by atoms with E-state index in [0.29, 0.717) is 6.42 Å². The minimum Gasteiger partial charge on any atom is -0.458 e. The molecule has 0 aliphatic carbocycles. The minimum atomic E-state index is -1.42. The summed E-state index contributed by atoms with van der Waals surface area (Å²) in [4.78, 5) is 12.2. The van der Waals surface area contributed by atoms with Crippen molar-refractivity contribution in [1.82, 2.24) is 0 Å². The second kappa shape index (κ2) is 4.89. The van der Waals surface area contributed by atoms with Crippen LogP contribution in [0.5, 0.6) is 0 Å². The van der Waals surface area contributed by atoms with Gasteiger partial charge in [0.05, 0.1) is 11.7 Å². The quantitative estimate of drug-likeness (QED) is 0.617. The van der Waals surface area contributed by atoms with Gasteiger partial charge in [-0.05, 0) is 27.2 Å². The molecule has 1 fully saturated rings. The molecule has 1 N–H and O–H groups in total. The Morgan fingerprint density at radius 1 is 1.39 bits per heavy atom. The topological polar surface area (TPSA) is 70.3 Å². The number of cyclic esters (lactones) is 1. The Labute approximate surface area is 109 Å². The predicted octanol–water partition coefficient (Wildman–Crippen LogP) is 2.55. The molecule has 0 bridgehead atoms. The van der Waals surface area contributed by atoms with E-state index in [-0.39, 0.29) is 6.42 Å². The van der Waals surface area contributed by atoms with Gasteiger partial charge < -0.3 is 9.84 Å². The van der Waals surface area contributed by atoms with Gasteiger partial charge in [-0.25, -0.2) is 0 Å². The van der Waals surface area contributed by atoms with Gasteiger partial charge in [-0.3, -0.25) is 4.79 Å². The van der Waals surface area contributed by atoms with Gasteiger partial charge in [0.25, 0.3) is 0 Å². The highest BCUT2D eigenvalue weighted by molar-refractivity contribution is 5.83. The summed E-state index contributed by atoms with van der Waals surface area (Å²) in [6, 6.07) is 2.03. The molecule has 1 rings (SSSR count). The number of unbranched alkanes of at least 4 members (excludes halogenated alkanes) is 2. The van der Waals surface area contributed by atoms with Crippen molar-refractivity contribution in [3.05, 3.63) is 0 Å². The number of carbonyl (C=O) groups is 1. The molecule has 1 aliphatic rings. The lowest BCUT2D eigenvalue weighted by molar-refractivity contribution is -0.210. The fraction of sp³-hybridized carbons (Fsp3) is 0.857. The first-order chi connectivity index (χ1) is 8.21. The summed E-state index contributed by atoms with van der Waals surface area (Å²) in [7, 11) is 0. The molecule has 2 atom stereocenters. The van der Waals surface area contributed by atoms with Gasteiger partial charge in [0.15, 0.2) is 5.41 Å². The Balaban J connectivity index is 3.02. The summed E-state index contributed by atoms with van der Waals surface area (Å²) in [5.74, 6) is -0.581. The van der Waals surface area contributed by atoms with E-state index in [1.54, 1.807) is 20.8 Å². The van der Waals surface area contributed by atoms with E-state index in [1.165, 1.54) is 0 Å². The van der Waals surface area contributed by atoms with Crippen molar-refractivity contribution < 1.29 is 14.6 Å². The lowest BCUT2D eigenvalue weighted by Gasteiger charge is -2.48. The number of hydrogen-bond acceptors (Lipinski definition) is 4. The molecule has 0 aromatic carbocycles. The van der Waals surface area contributed by atoms with Crippen molar-refractivity contribution in [2.24, 2.45) is 5.41 Å². The van der Waals surface area contributed by atoms with Crippen LogP contribution >= 0.6 is 0 Å². The monoisotopic (exact) mass is 253 g/mol. The van der Waals surface area contributed by atoms with Crippen LogP contribution in [0.4, 0.5) is 0 Å².